The summed E-state index contributed by atoms with van der Waals surface area (Å²) in [4.78, 5) is 0. The molecule has 1 aromatic carbocycles. The van der Waals surface area contributed by atoms with Crippen LogP contribution in [0.2, 0.25) is 0 Å². The molecular formula is C9H9BrFN. The van der Waals surface area contributed by atoms with Gasteiger partial charge in [-0.05, 0) is 23.8 Å². The maximum Gasteiger partial charge on any atom is 0.123 e. The van der Waals surface area contributed by atoms with Crippen LogP contribution in [-0.2, 0) is 0 Å². The molecule has 0 radical (unpaired) electrons. The highest BCUT2D eigenvalue weighted by molar-refractivity contribution is 9.10. The van der Waals surface area contributed by atoms with E-state index in [4.69, 9.17) is 5.73 Å². The fraction of sp³-hybridized carbons (Fsp3) is 0.111. The molecule has 1 nitrogen and oxygen atoms in total. The van der Waals surface area contributed by atoms with Gasteiger partial charge < -0.3 is 5.73 Å². The Labute approximate surface area is 79.2 Å². The van der Waals surface area contributed by atoms with Gasteiger partial charge >= 0.3 is 0 Å². The van der Waals surface area contributed by atoms with Crippen LogP contribution in [0, 0.1) is 5.82 Å². The maximum atomic E-state index is 12.7. The molecule has 0 aliphatic heterocycles. The molecular weight excluding hydrogens is 221 g/mol. The molecule has 2 N–H and O–H groups in total. The van der Waals surface area contributed by atoms with Crippen LogP contribution in [0.4, 0.5) is 4.39 Å². The second kappa shape index (κ2) is 4.38. The van der Waals surface area contributed by atoms with Crippen LogP contribution in [0.15, 0.2) is 28.7 Å². The van der Waals surface area contributed by atoms with Gasteiger partial charge in [-0.2, -0.15) is 0 Å². The Morgan fingerprint density at radius 2 is 2.25 bits per heavy atom. The minimum absolute atomic E-state index is 0.241. The van der Waals surface area contributed by atoms with E-state index >= 15 is 0 Å². The molecule has 0 saturated heterocycles. The van der Waals surface area contributed by atoms with Gasteiger partial charge in [0, 0.05) is 11.0 Å². The lowest BCUT2D eigenvalue weighted by Gasteiger charge is -1.97. The normalized spacial score (nSPS) is 10.9. The van der Waals surface area contributed by atoms with Crippen LogP contribution < -0.4 is 5.73 Å². The largest absolute Gasteiger partial charge is 0.327 e. The van der Waals surface area contributed by atoms with E-state index in [2.05, 4.69) is 15.9 Å². The quantitative estimate of drug-likeness (QED) is 0.830. The lowest BCUT2D eigenvalue weighted by Crippen LogP contribution is -1.92. The predicted molar refractivity (Wildman–Crippen MR) is 52.2 cm³/mol. The van der Waals surface area contributed by atoms with Crippen molar-refractivity contribution in [3.05, 3.63) is 40.1 Å². The molecule has 0 atom stereocenters. The van der Waals surface area contributed by atoms with Crippen molar-refractivity contribution in [1.82, 2.24) is 0 Å². The van der Waals surface area contributed by atoms with Crippen molar-refractivity contribution in [3.8, 4) is 0 Å². The van der Waals surface area contributed by atoms with E-state index in [0.29, 0.717) is 6.54 Å². The van der Waals surface area contributed by atoms with E-state index in [1.807, 2.05) is 0 Å². The van der Waals surface area contributed by atoms with Crippen LogP contribution in [-0.4, -0.2) is 6.54 Å². The number of benzene rings is 1. The highest BCUT2D eigenvalue weighted by Gasteiger charge is 1.96. The van der Waals surface area contributed by atoms with Gasteiger partial charge in [0.2, 0.25) is 0 Å². The third-order valence-corrected chi connectivity index (χ3v) is 2.11. The summed E-state index contributed by atoms with van der Waals surface area (Å²) in [6, 6.07) is 4.53. The Morgan fingerprint density at radius 3 is 2.92 bits per heavy atom. The summed E-state index contributed by atoms with van der Waals surface area (Å²) < 4.78 is 13.6. The van der Waals surface area contributed by atoms with Gasteiger partial charge in [0.25, 0.3) is 0 Å². The van der Waals surface area contributed by atoms with Crippen molar-refractivity contribution < 1.29 is 4.39 Å². The second-order valence-electron chi connectivity index (χ2n) is 2.30. The summed E-state index contributed by atoms with van der Waals surface area (Å²) >= 11 is 3.30. The molecule has 0 aliphatic carbocycles. The Hall–Kier alpha value is -0.670. The zero-order chi connectivity index (χ0) is 8.97. The number of hydrogen-bond donors (Lipinski definition) is 1. The van der Waals surface area contributed by atoms with E-state index in [0.717, 1.165) is 10.0 Å². The highest BCUT2D eigenvalue weighted by atomic mass is 79.9. The average molecular weight is 230 g/mol. The smallest absolute Gasteiger partial charge is 0.123 e. The van der Waals surface area contributed by atoms with E-state index in [-0.39, 0.29) is 5.82 Å². The first-order valence-electron chi connectivity index (χ1n) is 3.55. The van der Waals surface area contributed by atoms with Crippen LogP contribution >= 0.6 is 15.9 Å². The molecule has 0 aromatic heterocycles. The van der Waals surface area contributed by atoms with Gasteiger partial charge in [0.05, 0.1) is 0 Å². The zero-order valence-corrected chi connectivity index (χ0v) is 8.01. The van der Waals surface area contributed by atoms with Gasteiger partial charge in [0.15, 0.2) is 0 Å². The monoisotopic (exact) mass is 229 g/mol. The maximum absolute atomic E-state index is 12.7. The minimum Gasteiger partial charge on any atom is -0.327 e. The first-order valence-corrected chi connectivity index (χ1v) is 4.35. The van der Waals surface area contributed by atoms with Crippen molar-refractivity contribution in [2.75, 3.05) is 6.54 Å². The van der Waals surface area contributed by atoms with E-state index in [1.54, 1.807) is 18.2 Å². The molecule has 0 saturated carbocycles. The van der Waals surface area contributed by atoms with Crippen LogP contribution in [0.3, 0.4) is 0 Å². The molecule has 3 heteroatoms. The standard InChI is InChI=1S/C9H9BrFN/c10-9-4-3-8(11)6-7(9)2-1-5-12/h1-4,6H,5,12H2/b2-1+. The van der Waals surface area contributed by atoms with Crippen molar-refractivity contribution >= 4 is 22.0 Å². The van der Waals surface area contributed by atoms with Crippen LogP contribution in [0.5, 0.6) is 0 Å². The summed E-state index contributed by atoms with van der Waals surface area (Å²) in [6.45, 7) is 0.461. The molecule has 1 aromatic rings. The third-order valence-electron chi connectivity index (χ3n) is 1.39. The highest BCUT2D eigenvalue weighted by Crippen LogP contribution is 2.18. The minimum atomic E-state index is -0.241. The number of rotatable bonds is 2. The third kappa shape index (κ3) is 2.43. The molecule has 1 rings (SSSR count). The number of halogens is 2. The van der Waals surface area contributed by atoms with Gasteiger partial charge in [-0.25, -0.2) is 4.39 Å². The SMILES string of the molecule is NC/C=C/c1cc(F)ccc1Br. The topological polar surface area (TPSA) is 26.0 Å². The van der Waals surface area contributed by atoms with Crippen LogP contribution in [0.25, 0.3) is 6.08 Å². The number of nitrogens with two attached hydrogens (primary N) is 1. The Bertz CT molecular complexity index is 297. The average Bonchev–Trinajstić information content (AvgIpc) is 2.07. The molecule has 64 valence electrons. The predicted octanol–water partition coefficient (Wildman–Crippen LogP) is 2.56. The lowest BCUT2D eigenvalue weighted by atomic mass is 10.2. The van der Waals surface area contributed by atoms with E-state index in [1.165, 1.54) is 12.1 Å². The first-order chi connectivity index (χ1) is 5.74. The van der Waals surface area contributed by atoms with E-state index in [9.17, 15) is 4.39 Å². The fourth-order valence-corrected chi connectivity index (χ4v) is 1.22. The van der Waals surface area contributed by atoms with Crippen LogP contribution in [0.1, 0.15) is 5.56 Å². The summed E-state index contributed by atoms with van der Waals surface area (Å²) in [5, 5.41) is 0. The molecule has 12 heavy (non-hydrogen) atoms. The Kier molecular flexibility index (Phi) is 3.44. The van der Waals surface area contributed by atoms with Gasteiger partial charge in [-0.1, -0.05) is 28.1 Å². The summed E-state index contributed by atoms with van der Waals surface area (Å²) in [7, 11) is 0. The van der Waals surface area contributed by atoms with Crippen molar-refractivity contribution in [2.24, 2.45) is 5.73 Å². The molecule has 0 amide bonds. The van der Waals surface area contributed by atoms with Gasteiger partial charge in [-0.3, -0.25) is 0 Å². The molecule has 0 spiro atoms. The second-order valence-corrected chi connectivity index (χ2v) is 3.16. The molecule has 0 heterocycles. The Balaban J connectivity index is 2.97. The fourth-order valence-electron chi connectivity index (χ4n) is 0.837. The molecule has 0 fully saturated rings. The zero-order valence-electron chi connectivity index (χ0n) is 6.43. The summed E-state index contributed by atoms with van der Waals surface area (Å²) in [5.41, 5.74) is 6.07. The first kappa shape index (κ1) is 9.42. The molecule has 0 unspecified atom stereocenters. The molecule has 0 bridgehead atoms. The van der Waals surface area contributed by atoms with Crippen molar-refractivity contribution in [2.45, 2.75) is 0 Å². The van der Waals surface area contributed by atoms with Gasteiger partial charge in [0.1, 0.15) is 5.82 Å². The van der Waals surface area contributed by atoms with Gasteiger partial charge in [-0.15, -0.1) is 0 Å². The van der Waals surface area contributed by atoms with Crippen molar-refractivity contribution in [1.29, 1.82) is 0 Å². The van der Waals surface area contributed by atoms with E-state index < -0.39 is 0 Å². The summed E-state index contributed by atoms with van der Waals surface area (Å²) in [5.74, 6) is -0.241. The number of hydrogen-bond acceptors (Lipinski definition) is 1. The van der Waals surface area contributed by atoms with Crippen molar-refractivity contribution in [3.63, 3.8) is 0 Å². The summed E-state index contributed by atoms with van der Waals surface area (Å²) in [6.07, 6.45) is 3.56. The Morgan fingerprint density at radius 1 is 1.50 bits per heavy atom. The lowest BCUT2D eigenvalue weighted by molar-refractivity contribution is 0.627. The molecule has 0 aliphatic rings.